The molecular formula is C27H30N2O6. The molecule has 0 saturated heterocycles. The molecule has 3 aromatic rings. The van der Waals surface area contributed by atoms with Crippen LogP contribution in [0, 0.1) is 13.8 Å². The number of fused-ring (bicyclic) bond motifs is 3. The summed E-state index contributed by atoms with van der Waals surface area (Å²) >= 11 is 0. The largest absolute Gasteiger partial charge is 0.461 e. The Bertz CT molecular complexity index is 1190. The van der Waals surface area contributed by atoms with E-state index < -0.39 is 24.3 Å². The molecule has 0 aliphatic heterocycles. The first-order valence-corrected chi connectivity index (χ1v) is 11.6. The van der Waals surface area contributed by atoms with Crippen LogP contribution in [0.2, 0.25) is 0 Å². The second kappa shape index (κ2) is 10.3. The number of amides is 1. The summed E-state index contributed by atoms with van der Waals surface area (Å²) < 4.78 is 10.5. The van der Waals surface area contributed by atoms with Gasteiger partial charge in [-0.15, -0.1) is 0 Å². The Hall–Kier alpha value is -3.62. The van der Waals surface area contributed by atoms with E-state index in [2.05, 4.69) is 22.4 Å². The van der Waals surface area contributed by atoms with Gasteiger partial charge in [-0.3, -0.25) is 0 Å². The van der Waals surface area contributed by atoms with E-state index in [0.29, 0.717) is 16.8 Å². The van der Waals surface area contributed by atoms with Crippen molar-refractivity contribution < 1.29 is 29.3 Å². The van der Waals surface area contributed by atoms with Crippen LogP contribution >= 0.6 is 0 Å². The minimum Gasteiger partial charge on any atom is -0.461 e. The molecule has 1 amide bonds. The molecule has 0 spiro atoms. The topological polar surface area (TPSA) is 121 Å². The van der Waals surface area contributed by atoms with E-state index in [4.69, 9.17) is 9.47 Å². The van der Waals surface area contributed by atoms with E-state index in [1.54, 1.807) is 20.8 Å². The van der Waals surface area contributed by atoms with Crippen LogP contribution in [0.25, 0.3) is 11.1 Å². The van der Waals surface area contributed by atoms with Gasteiger partial charge in [0.1, 0.15) is 24.5 Å². The van der Waals surface area contributed by atoms with Gasteiger partial charge in [0.05, 0.1) is 6.61 Å². The summed E-state index contributed by atoms with van der Waals surface area (Å²) in [6.45, 7) is 5.21. The van der Waals surface area contributed by atoms with Gasteiger partial charge in [0.25, 0.3) is 0 Å². The Balaban J connectivity index is 1.36. The number of H-pyrrole nitrogens is 1. The molecule has 8 heteroatoms. The van der Waals surface area contributed by atoms with Crippen molar-refractivity contribution in [2.75, 3.05) is 19.8 Å². The lowest BCUT2D eigenvalue weighted by Gasteiger charge is -2.20. The Kier molecular flexibility index (Phi) is 7.23. The molecule has 0 fully saturated rings. The number of aryl methyl sites for hydroxylation is 1. The van der Waals surface area contributed by atoms with Crippen molar-refractivity contribution >= 4 is 12.1 Å². The fourth-order valence-electron chi connectivity index (χ4n) is 4.76. The Labute approximate surface area is 203 Å². The van der Waals surface area contributed by atoms with Crippen LogP contribution in [-0.2, 0) is 9.47 Å². The molecular weight excluding hydrogens is 448 g/mol. The maximum Gasteiger partial charge on any atom is 0.407 e. The summed E-state index contributed by atoms with van der Waals surface area (Å²) in [4.78, 5) is 27.4. The molecule has 1 aliphatic rings. The standard InChI is InChI=1S/C27H30N2O6/c1-4-34-26(32)24-15(2)23(16(3)29-24)25(31)22(30)13-28-27(33)35-14-21-19-11-7-5-9-17(19)18-10-6-8-12-20(18)21/h5-12,21-22,25,29-31H,4,13-14H2,1-3H3,(H,28,33). The lowest BCUT2D eigenvalue weighted by molar-refractivity contribution is 0.0179. The molecule has 1 heterocycles. The number of benzene rings is 2. The normalized spacial score (nSPS) is 14.1. The van der Waals surface area contributed by atoms with E-state index in [1.165, 1.54) is 0 Å². The number of aliphatic hydroxyl groups excluding tert-OH is 2. The molecule has 0 bridgehead atoms. The van der Waals surface area contributed by atoms with Crippen molar-refractivity contribution in [1.82, 2.24) is 10.3 Å². The predicted octanol–water partition coefficient (Wildman–Crippen LogP) is 3.74. The molecule has 2 unspecified atom stereocenters. The minimum atomic E-state index is -1.32. The molecule has 0 radical (unpaired) electrons. The minimum absolute atomic E-state index is 0.0740. The Morgan fingerprint density at radius 2 is 1.60 bits per heavy atom. The molecule has 1 aliphatic carbocycles. The molecule has 2 aromatic carbocycles. The van der Waals surface area contributed by atoms with Crippen LogP contribution < -0.4 is 5.32 Å². The van der Waals surface area contributed by atoms with Gasteiger partial charge < -0.3 is 30.0 Å². The number of rotatable bonds is 8. The van der Waals surface area contributed by atoms with Crippen LogP contribution in [0.15, 0.2) is 48.5 Å². The van der Waals surface area contributed by atoms with Crippen molar-refractivity contribution in [1.29, 1.82) is 0 Å². The van der Waals surface area contributed by atoms with Gasteiger partial charge in [0, 0.05) is 23.7 Å². The highest BCUT2D eigenvalue weighted by molar-refractivity contribution is 5.90. The molecule has 2 atom stereocenters. The third kappa shape index (κ3) is 4.80. The lowest BCUT2D eigenvalue weighted by Crippen LogP contribution is -2.36. The number of hydrogen-bond donors (Lipinski definition) is 4. The number of alkyl carbamates (subject to hydrolysis) is 1. The zero-order chi connectivity index (χ0) is 25.1. The summed E-state index contributed by atoms with van der Waals surface area (Å²) in [6, 6.07) is 16.1. The van der Waals surface area contributed by atoms with Crippen molar-refractivity contribution in [3.05, 3.63) is 82.2 Å². The number of hydrogen-bond acceptors (Lipinski definition) is 6. The van der Waals surface area contributed by atoms with Gasteiger partial charge in [-0.2, -0.15) is 0 Å². The maximum atomic E-state index is 12.4. The molecule has 4 rings (SSSR count). The van der Waals surface area contributed by atoms with Crippen molar-refractivity contribution in [3.8, 4) is 11.1 Å². The third-order valence-electron chi connectivity index (χ3n) is 6.43. The number of carbonyl (C=O) groups excluding carboxylic acids is 2. The molecule has 1 aromatic heterocycles. The van der Waals surface area contributed by atoms with E-state index in [0.717, 1.165) is 22.3 Å². The number of aliphatic hydroxyl groups is 2. The summed E-state index contributed by atoms with van der Waals surface area (Å²) in [7, 11) is 0. The van der Waals surface area contributed by atoms with E-state index in [-0.39, 0.29) is 31.4 Å². The van der Waals surface area contributed by atoms with Crippen molar-refractivity contribution in [3.63, 3.8) is 0 Å². The van der Waals surface area contributed by atoms with Crippen LogP contribution in [0.5, 0.6) is 0 Å². The van der Waals surface area contributed by atoms with Crippen molar-refractivity contribution in [2.24, 2.45) is 0 Å². The Morgan fingerprint density at radius 1 is 1.00 bits per heavy atom. The lowest BCUT2D eigenvalue weighted by atomic mass is 9.98. The van der Waals surface area contributed by atoms with Crippen LogP contribution in [-0.4, -0.2) is 53.1 Å². The van der Waals surface area contributed by atoms with Gasteiger partial charge in [-0.1, -0.05) is 48.5 Å². The number of aromatic nitrogens is 1. The Morgan fingerprint density at radius 3 is 2.20 bits per heavy atom. The van der Waals surface area contributed by atoms with E-state index >= 15 is 0 Å². The molecule has 4 N–H and O–H groups in total. The van der Waals surface area contributed by atoms with Crippen LogP contribution in [0.1, 0.15) is 57.4 Å². The average molecular weight is 479 g/mol. The molecule has 184 valence electrons. The average Bonchev–Trinajstić information content (AvgIpc) is 3.34. The second-order valence-electron chi connectivity index (χ2n) is 8.60. The predicted molar refractivity (Wildman–Crippen MR) is 130 cm³/mol. The first-order chi connectivity index (χ1) is 16.8. The highest BCUT2D eigenvalue weighted by Crippen LogP contribution is 2.44. The first kappa shape index (κ1) is 24.5. The van der Waals surface area contributed by atoms with E-state index in [9.17, 15) is 19.8 Å². The van der Waals surface area contributed by atoms with Gasteiger partial charge in [0.15, 0.2) is 0 Å². The summed E-state index contributed by atoms with van der Waals surface area (Å²) in [6.07, 6.45) is -3.31. The van der Waals surface area contributed by atoms with E-state index in [1.807, 2.05) is 36.4 Å². The summed E-state index contributed by atoms with van der Waals surface area (Å²) in [5.74, 6) is -0.604. The van der Waals surface area contributed by atoms with Gasteiger partial charge in [0.2, 0.25) is 0 Å². The quantitative estimate of drug-likeness (QED) is 0.366. The highest BCUT2D eigenvalue weighted by Gasteiger charge is 2.30. The first-order valence-electron chi connectivity index (χ1n) is 11.6. The third-order valence-corrected chi connectivity index (χ3v) is 6.43. The number of carbonyl (C=O) groups is 2. The van der Waals surface area contributed by atoms with Gasteiger partial charge in [-0.25, -0.2) is 9.59 Å². The zero-order valence-electron chi connectivity index (χ0n) is 20.0. The summed E-state index contributed by atoms with van der Waals surface area (Å²) in [5, 5.41) is 23.7. The fourth-order valence-corrected chi connectivity index (χ4v) is 4.76. The monoisotopic (exact) mass is 478 g/mol. The molecule has 8 nitrogen and oxygen atoms in total. The number of aromatic amines is 1. The highest BCUT2D eigenvalue weighted by atomic mass is 16.5. The fraction of sp³-hybridized carbons (Fsp3) is 0.333. The summed E-state index contributed by atoms with van der Waals surface area (Å²) in [5.41, 5.74) is 6.14. The van der Waals surface area contributed by atoms with Gasteiger partial charge in [-0.05, 0) is 48.6 Å². The second-order valence-corrected chi connectivity index (χ2v) is 8.60. The molecule has 0 saturated carbocycles. The zero-order valence-corrected chi connectivity index (χ0v) is 20.0. The SMILES string of the molecule is CCOC(=O)c1[nH]c(C)c(C(O)C(O)CNC(=O)OCC2c3ccccc3-c3ccccc32)c1C. The maximum absolute atomic E-state index is 12.4. The number of nitrogens with one attached hydrogen (secondary N) is 2. The smallest absolute Gasteiger partial charge is 0.407 e. The number of esters is 1. The van der Waals surface area contributed by atoms with Crippen molar-refractivity contribution in [2.45, 2.75) is 38.9 Å². The number of ether oxygens (including phenoxy) is 2. The van der Waals surface area contributed by atoms with Crippen LogP contribution in [0.4, 0.5) is 4.79 Å². The van der Waals surface area contributed by atoms with Gasteiger partial charge >= 0.3 is 12.1 Å². The van der Waals surface area contributed by atoms with Crippen LogP contribution in [0.3, 0.4) is 0 Å². The molecule has 35 heavy (non-hydrogen) atoms.